The van der Waals surface area contributed by atoms with Crippen LogP contribution in [0.4, 0.5) is 4.79 Å². The Balaban J connectivity index is 1.38. The number of benzene rings is 2. The first-order valence-electron chi connectivity index (χ1n) is 13.1. The van der Waals surface area contributed by atoms with Crippen LogP contribution in [0.15, 0.2) is 60.8 Å². The normalized spacial score (nSPS) is 17.3. The van der Waals surface area contributed by atoms with Gasteiger partial charge in [-0.05, 0) is 69.9 Å². The van der Waals surface area contributed by atoms with Gasteiger partial charge in [-0.2, -0.15) is 0 Å². The van der Waals surface area contributed by atoms with Crippen molar-refractivity contribution in [1.82, 2.24) is 9.88 Å². The van der Waals surface area contributed by atoms with E-state index in [1.165, 1.54) is 0 Å². The molecule has 2 heterocycles. The van der Waals surface area contributed by atoms with Crippen molar-refractivity contribution in [2.45, 2.75) is 46.3 Å². The van der Waals surface area contributed by atoms with Crippen LogP contribution >= 0.6 is 0 Å². The van der Waals surface area contributed by atoms with Gasteiger partial charge in [-0.3, -0.25) is 4.79 Å². The molecule has 4 rings (SSSR count). The number of imidazole rings is 1. The van der Waals surface area contributed by atoms with E-state index in [0.29, 0.717) is 32.7 Å². The number of aromatic nitrogens is 2. The van der Waals surface area contributed by atoms with E-state index in [9.17, 15) is 9.59 Å². The Hall–Kier alpha value is -3.81. The molecule has 202 valence electrons. The van der Waals surface area contributed by atoms with Crippen molar-refractivity contribution in [1.29, 1.82) is 0 Å². The first-order chi connectivity index (χ1) is 18.1. The number of hydrogen-bond donors (Lipinski definition) is 1. The van der Waals surface area contributed by atoms with E-state index in [1.807, 2.05) is 76.5 Å². The van der Waals surface area contributed by atoms with E-state index in [-0.39, 0.29) is 17.8 Å². The first-order valence-corrected chi connectivity index (χ1v) is 13.1. The quantitative estimate of drug-likeness (QED) is 0.345. The molecule has 1 saturated heterocycles. The summed E-state index contributed by atoms with van der Waals surface area (Å²) in [7, 11) is 2.02. The molecule has 2 aromatic carbocycles. The number of aromatic amines is 1. The van der Waals surface area contributed by atoms with Crippen molar-refractivity contribution in [3.8, 4) is 17.1 Å². The second-order valence-electron chi connectivity index (χ2n) is 10.7. The topological polar surface area (TPSA) is 84.7 Å². The second kappa shape index (κ2) is 11.7. The molecule has 8 nitrogen and oxygen atoms in total. The van der Waals surface area contributed by atoms with Gasteiger partial charge in [-0.15, -0.1) is 0 Å². The Morgan fingerprint density at radius 2 is 1.76 bits per heavy atom. The largest absolute Gasteiger partial charge is 0.485 e. The number of esters is 1. The fourth-order valence-electron chi connectivity index (χ4n) is 4.75. The average Bonchev–Trinajstić information content (AvgIpc) is 3.47. The molecule has 0 saturated carbocycles. The first kappa shape index (κ1) is 27.2. The Morgan fingerprint density at radius 3 is 2.42 bits per heavy atom. The van der Waals surface area contributed by atoms with Crippen LogP contribution in [-0.2, 0) is 34.3 Å². The standard InChI is InChI=1S/C30H37N3O5/c1-6-36-28(34)26-19-33(29(35)38-30(2,3)4)18-23(26)16-21-12-14-25(15-13-21)37-20-24-17-31-27(32(24)5)22-10-8-7-9-11-22/h7-15,17,23,26H,6,16,18-20H2,1-5H3/p+1/t23-,26+/m1/s1. The molecule has 1 N–H and O–H groups in total. The molecule has 1 amide bonds. The molecule has 1 aliphatic rings. The molecule has 8 heteroatoms. The molecule has 1 aromatic heterocycles. The van der Waals surface area contributed by atoms with Gasteiger partial charge in [0.05, 0.1) is 25.1 Å². The number of ether oxygens (including phenoxy) is 3. The zero-order valence-corrected chi connectivity index (χ0v) is 22.9. The van der Waals surface area contributed by atoms with Crippen molar-refractivity contribution >= 4 is 12.1 Å². The fraction of sp³-hybridized carbons (Fsp3) is 0.433. The summed E-state index contributed by atoms with van der Waals surface area (Å²) in [4.78, 5) is 30.3. The third-order valence-electron chi connectivity index (χ3n) is 6.68. The molecule has 0 spiro atoms. The summed E-state index contributed by atoms with van der Waals surface area (Å²) in [5.74, 6) is 1.08. The van der Waals surface area contributed by atoms with E-state index in [0.717, 1.165) is 28.4 Å². The summed E-state index contributed by atoms with van der Waals surface area (Å²) in [6, 6.07) is 18.1. The van der Waals surface area contributed by atoms with Crippen LogP contribution in [0.3, 0.4) is 0 Å². The van der Waals surface area contributed by atoms with E-state index in [4.69, 9.17) is 14.2 Å². The summed E-state index contributed by atoms with van der Waals surface area (Å²) in [5, 5.41) is 0. The lowest BCUT2D eigenvalue weighted by Gasteiger charge is -2.24. The van der Waals surface area contributed by atoms with Gasteiger partial charge in [-0.1, -0.05) is 30.3 Å². The van der Waals surface area contributed by atoms with Gasteiger partial charge >= 0.3 is 12.1 Å². The van der Waals surface area contributed by atoms with Crippen molar-refractivity contribution in [2.24, 2.45) is 18.9 Å². The minimum absolute atomic E-state index is 0.0522. The fourth-order valence-corrected chi connectivity index (χ4v) is 4.75. The van der Waals surface area contributed by atoms with Crippen LogP contribution in [0.2, 0.25) is 0 Å². The predicted molar refractivity (Wildman–Crippen MR) is 143 cm³/mol. The maximum absolute atomic E-state index is 12.7. The SMILES string of the molecule is CCOC(=O)[C@H]1CN(C(=O)OC(C)(C)C)C[C@H]1Cc1ccc(OCc2c[nH]c(-c3ccccc3)[n+]2C)cc1. The summed E-state index contributed by atoms with van der Waals surface area (Å²) < 4.78 is 19.0. The van der Waals surface area contributed by atoms with Gasteiger partial charge in [0, 0.05) is 13.1 Å². The Morgan fingerprint density at radius 1 is 1.05 bits per heavy atom. The zero-order valence-electron chi connectivity index (χ0n) is 22.9. The van der Waals surface area contributed by atoms with E-state index in [2.05, 4.69) is 21.7 Å². The predicted octanol–water partition coefficient (Wildman–Crippen LogP) is 4.67. The van der Waals surface area contributed by atoms with Crippen molar-refractivity contribution < 1.29 is 28.4 Å². The monoisotopic (exact) mass is 520 g/mol. The highest BCUT2D eigenvalue weighted by Crippen LogP contribution is 2.30. The lowest BCUT2D eigenvalue weighted by molar-refractivity contribution is -0.668. The third-order valence-corrected chi connectivity index (χ3v) is 6.68. The van der Waals surface area contributed by atoms with Gasteiger partial charge < -0.3 is 19.1 Å². The number of hydrogen-bond acceptors (Lipinski definition) is 5. The highest BCUT2D eigenvalue weighted by Gasteiger charge is 2.41. The highest BCUT2D eigenvalue weighted by atomic mass is 16.6. The summed E-state index contributed by atoms with van der Waals surface area (Å²) >= 11 is 0. The maximum Gasteiger partial charge on any atom is 0.410 e. The lowest BCUT2D eigenvalue weighted by atomic mass is 9.90. The molecule has 0 unspecified atom stereocenters. The summed E-state index contributed by atoms with van der Waals surface area (Å²) in [6.45, 7) is 8.80. The number of rotatable bonds is 8. The number of amides is 1. The minimum atomic E-state index is -0.592. The number of carbonyl (C=O) groups excluding carboxylic acids is 2. The Labute approximate surface area is 224 Å². The van der Waals surface area contributed by atoms with Gasteiger partial charge in [-0.25, -0.2) is 14.3 Å². The molecular formula is C30H38N3O5+. The lowest BCUT2D eigenvalue weighted by Crippen LogP contribution is -2.36. The number of nitrogens with zero attached hydrogens (tertiary/aromatic N) is 2. The second-order valence-corrected chi connectivity index (χ2v) is 10.7. The molecule has 3 aromatic rings. The maximum atomic E-state index is 12.7. The number of nitrogens with one attached hydrogen (secondary N) is 1. The molecule has 38 heavy (non-hydrogen) atoms. The number of carbonyl (C=O) groups is 2. The summed E-state index contributed by atoms with van der Waals surface area (Å²) in [6.07, 6.45) is 2.21. The van der Waals surface area contributed by atoms with Crippen LogP contribution in [0.5, 0.6) is 5.75 Å². The zero-order chi connectivity index (χ0) is 27.3. The molecular weight excluding hydrogens is 482 g/mol. The number of likely N-dealkylation sites (tertiary alicyclic amines) is 1. The smallest absolute Gasteiger partial charge is 0.410 e. The van der Waals surface area contributed by atoms with Crippen molar-refractivity contribution in [2.75, 3.05) is 19.7 Å². The summed E-state index contributed by atoms with van der Waals surface area (Å²) in [5.41, 5.74) is 2.62. The van der Waals surface area contributed by atoms with Crippen LogP contribution in [0.25, 0.3) is 11.4 Å². The van der Waals surface area contributed by atoms with E-state index in [1.54, 1.807) is 11.8 Å². The average molecular weight is 521 g/mol. The van der Waals surface area contributed by atoms with Crippen molar-refractivity contribution in [3.63, 3.8) is 0 Å². The van der Waals surface area contributed by atoms with Gasteiger partial charge in [0.1, 0.15) is 17.5 Å². The minimum Gasteiger partial charge on any atom is -0.485 e. The number of H-pyrrole nitrogens is 1. The Kier molecular flexibility index (Phi) is 8.39. The van der Waals surface area contributed by atoms with E-state index < -0.39 is 11.7 Å². The molecule has 1 fully saturated rings. The van der Waals surface area contributed by atoms with Gasteiger partial charge in [0.2, 0.25) is 0 Å². The van der Waals surface area contributed by atoms with Crippen molar-refractivity contribution in [3.05, 3.63) is 72.1 Å². The van der Waals surface area contributed by atoms with Crippen LogP contribution in [0, 0.1) is 11.8 Å². The molecule has 2 atom stereocenters. The van der Waals surface area contributed by atoms with Crippen LogP contribution < -0.4 is 9.30 Å². The van der Waals surface area contributed by atoms with Crippen LogP contribution in [0.1, 0.15) is 39.0 Å². The third kappa shape index (κ3) is 6.73. The Bertz CT molecular complexity index is 1230. The highest BCUT2D eigenvalue weighted by molar-refractivity contribution is 5.76. The van der Waals surface area contributed by atoms with Gasteiger partial charge in [0.15, 0.2) is 12.3 Å². The molecule has 0 aliphatic carbocycles. The van der Waals surface area contributed by atoms with E-state index >= 15 is 0 Å². The molecule has 0 radical (unpaired) electrons. The molecule has 0 bridgehead atoms. The van der Waals surface area contributed by atoms with Crippen LogP contribution in [-0.4, -0.2) is 47.2 Å². The molecule has 1 aliphatic heterocycles. The van der Waals surface area contributed by atoms with Gasteiger partial charge in [0.25, 0.3) is 5.82 Å².